The zero-order valence-corrected chi connectivity index (χ0v) is 7.92. The first-order valence-electron chi connectivity index (χ1n) is 4.67. The molecule has 0 radical (unpaired) electrons. The van der Waals surface area contributed by atoms with Gasteiger partial charge >= 0.3 is 0 Å². The number of nitrogens with zero attached hydrogens (tertiary/aromatic N) is 2. The van der Waals surface area contributed by atoms with Crippen LogP contribution in [0.1, 0.15) is 12.8 Å². The van der Waals surface area contributed by atoms with Crippen molar-refractivity contribution >= 4 is 0 Å². The maximum atomic E-state index is 5.19. The summed E-state index contributed by atoms with van der Waals surface area (Å²) in [5, 5.41) is 0. The zero-order valence-electron chi connectivity index (χ0n) is 7.92. The molecule has 1 aliphatic heterocycles. The second-order valence-electron chi connectivity index (χ2n) is 3.45. The Kier molecular flexibility index (Phi) is 4.13. The Balaban J connectivity index is 2.06. The number of rotatable bonds is 3. The summed E-state index contributed by atoms with van der Waals surface area (Å²) < 4.78 is 0. The van der Waals surface area contributed by atoms with E-state index in [1.54, 1.807) is 0 Å². The van der Waals surface area contributed by atoms with E-state index in [-0.39, 0.29) is 0 Å². The number of likely N-dealkylation sites (N-methyl/N-ethyl adjacent to an activating group) is 1. The molecule has 0 spiro atoms. The minimum Gasteiger partial charge on any atom is -0.304 e. The van der Waals surface area contributed by atoms with Crippen molar-refractivity contribution in [1.82, 2.24) is 9.80 Å². The van der Waals surface area contributed by atoms with E-state index < -0.39 is 0 Å². The Morgan fingerprint density at radius 2 is 1.92 bits per heavy atom. The fourth-order valence-corrected chi connectivity index (χ4v) is 1.48. The molecule has 0 aliphatic carbocycles. The molecule has 1 rings (SSSR count). The highest BCUT2D eigenvalue weighted by Gasteiger charge is 2.12. The highest BCUT2D eigenvalue weighted by molar-refractivity contribution is 4.83. The van der Waals surface area contributed by atoms with E-state index in [0.717, 1.165) is 12.8 Å². The van der Waals surface area contributed by atoms with Gasteiger partial charge in [0.25, 0.3) is 0 Å². The van der Waals surface area contributed by atoms with Crippen molar-refractivity contribution in [2.24, 2.45) is 0 Å². The van der Waals surface area contributed by atoms with Gasteiger partial charge in [0.05, 0.1) is 0 Å². The summed E-state index contributed by atoms with van der Waals surface area (Å²) >= 11 is 0. The Bertz CT molecular complexity index is 152. The van der Waals surface area contributed by atoms with Gasteiger partial charge in [-0.2, -0.15) is 0 Å². The van der Waals surface area contributed by atoms with Crippen LogP contribution in [0.25, 0.3) is 0 Å². The van der Waals surface area contributed by atoms with E-state index >= 15 is 0 Å². The number of terminal acetylenes is 1. The average molecular weight is 166 g/mol. The lowest BCUT2D eigenvalue weighted by atomic mass is 10.2. The maximum Gasteiger partial charge on any atom is 0.0110 e. The van der Waals surface area contributed by atoms with Gasteiger partial charge in [-0.05, 0) is 20.0 Å². The number of unbranched alkanes of at least 4 members (excludes halogenated alkanes) is 1. The predicted octanol–water partition coefficient (Wildman–Crippen LogP) is 0.647. The summed E-state index contributed by atoms with van der Waals surface area (Å²) in [5.41, 5.74) is 0. The van der Waals surface area contributed by atoms with Gasteiger partial charge in [-0.15, -0.1) is 12.3 Å². The first kappa shape index (κ1) is 9.57. The molecule has 0 aromatic heterocycles. The lowest BCUT2D eigenvalue weighted by Crippen LogP contribution is -2.44. The maximum absolute atomic E-state index is 5.19. The molecule has 0 bridgehead atoms. The second-order valence-corrected chi connectivity index (χ2v) is 3.45. The minimum atomic E-state index is 0.923. The van der Waals surface area contributed by atoms with Crippen LogP contribution in [0.3, 0.4) is 0 Å². The molecule has 1 aliphatic rings. The van der Waals surface area contributed by atoms with Crippen molar-refractivity contribution in [2.75, 3.05) is 39.8 Å². The Labute approximate surface area is 75.5 Å². The van der Waals surface area contributed by atoms with Crippen molar-refractivity contribution in [3.63, 3.8) is 0 Å². The molecule has 0 aromatic rings. The highest BCUT2D eigenvalue weighted by Crippen LogP contribution is 2.00. The normalized spacial score (nSPS) is 20.7. The van der Waals surface area contributed by atoms with Gasteiger partial charge in [0.2, 0.25) is 0 Å². The molecule has 0 unspecified atom stereocenters. The summed E-state index contributed by atoms with van der Waals surface area (Å²) in [5.74, 6) is 2.68. The van der Waals surface area contributed by atoms with Crippen molar-refractivity contribution in [1.29, 1.82) is 0 Å². The quantitative estimate of drug-likeness (QED) is 0.448. The van der Waals surface area contributed by atoms with Gasteiger partial charge in [-0.3, -0.25) is 0 Å². The van der Waals surface area contributed by atoms with Gasteiger partial charge in [-0.1, -0.05) is 0 Å². The largest absolute Gasteiger partial charge is 0.304 e. The van der Waals surface area contributed by atoms with Crippen LogP contribution in [-0.2, 0) is 0 Å². The molecular formula is C10H18N2. The molecule has 2 heteroatoms. The number of hydrogen-bond acceptors (Lipinski definition) is 2. The standard InChI is InChI=1S/C10H18N2/c1-3-4-5-6-12-9-7-11(2)8-10-12/h1H,4-10H2,2H3. The van der Waals surface area contributed by atoms with Gasteiger partial charge in [-0.25, -0.2) is 0 Å². The fraction of sp³-hybridized carbons (Fsp3) is 0.800. The van der Waals surface area contributed by atoms with Crippen LogP contribution in [-0.4, -0.2) is 49.6 Å². The van der Waals surface area contributed by atoms with E-state index in [9.17, 15) is 0 Å². The van der Waals surface area contributed by atoms with E-state index in [2.05, 4.69) is 22.8 Å². The number of piperazine rings is 1. The summed E-state index contributed by atoms with van der Waals surface area (Å²) in [6.07, 6.45) is 7.27. The van der Waals surface area contributed by atoms with Crippen molar-refractivity contribution < 1.29 is 0 Å². The van der Waals surface area contributed by atoms with Crippen LogP contribution in [0.4, 0.5) is 0 Å². The fourth-order valence-electron chi connectivity index (χ4n) is 1.48. The molecule has 2 nitrogen and oxygen atoms in total. The topological polar surface area (TPSA) is 6.48 Å². The second kappa shape index (κ2) is 5.18. The van der Waals surface area contributed by atoms with Crippen LogP contribution in [0.15, 0.2) is 0 Å². The van der Waals surface area contributed by atoms with Crippen molar-refractivity contribution in [3.05, 3.63) is 0 Å². The summed E-state index contributed by atoms with van der Waals surface area (Å²) in [6.45, 7) is 6.01. The molecule has 0 saturated carbocycles. The van der Waals surface area contributed by atoms with Crippen molar-refractivity contribution in [2.45, 2.75) is 12.8 Å². The van der Waals surface area contributed by atoms with E-state index in [1.807, 2.05) is 0 Å². The van der Waals surface area contributed by atoms with E-state index in [0.29, 0.717) is 0 Å². The Morgan fingerprint density at radius 1 is 1.25 bits per heavy atom. The average Bonchev–Trinajstić information content (AvgIpc) is 2.09. The highest BCUT2D eigenvalue weighted by atomic mass is 15.2. The summed E-state index contributed by atoms with van der Waals surface area (Å²) in [6, 6.07) is 0. The summed E-state index contributed by atoms with van der Waals surface area (Å²) in [4.78, 5) is 4.87. The van der Waals surface area contributed by atoms with Gasteiger partial charge < -0.3 is 9.80 Å². The van der Waals surface area contributed by atoms with Crippen LogP contribution < -0.4 is 0 Å². The van der Waals surface area contributed by atoms with E-state index in [4.69, 9.17) is 6.42 Å². The van der Waals surface area contributed by atoms with Crippen LogP contribution in [0.5, 0.6) is 0 Å². The first-order valence-corrected chi connectivity index (χ1v) is 4.67. The zero-order chi connectivity index (χ0) is 8.81. The third kappa shape index (κ3) is 3.25. The van der Waals surface area contributed by atoms with Gasteiger partial charge in [0, 0.05) is 32.6 Å². The predicted molar refractivity (Wildman–Crippen MR) is 52.0 cm³/mol. The Morgan fingerprint density at radius 3 is 2.50 bits per heavy atom. The smallest absolute Gasteiger partial charge is 0.0110 e. The molecule has 68 valence electrons. The van der Waals surface area contributed by atoms with Crippen LogP contribution in [0, 0.1) is 12.3 Å². The first-order chi connectivity index (χ1) is 5.83. The lowest BCUT2D eigenvalue weighted by Gasteiger charge is -2.32. The van der Waals surface area contributed by atoms with E-state index in [1.165, 1.54) is 32.7 Å². The third-order valence-corrected chi connectivity index (χ3v) is 2.39. The van der Waals surface area contributed by atoms with Gasteiger partial charge in [0.15, 0.2) is 0 Å². The summed E-state index contributed by atoms with van der Waals surface area (Å²) in [7, 11) is 2.18. The minimum absolute atomic E-state index is 0.923. The molecule has 1 fully saturated rings. The molecule has 0 aromatic carbocycles. The van der Waals surface area contributed by atoms with Crippen molar-refractivity contribution in [3.8, 4) is 12.3 Å². The molecule has 0 N–H and O–H groups in total. The molecule has 0 amide bonds. The molecule has 12 heavy (non-hydrogen) atoms. The monoisotopic (exact) mass is 166 g/mol. The molecular weight excluding hydrogens is 148 g/mol. The molecule has 1 saturated heterocycles. The Hall–Kier alpha value is -0.520. The molecule has 0 atom stereocenters. The number of hydrogen-bond donors (Lipinski definition) is 0. The van der Waals surface area contributed by atoms with Gasteiger partial charge in [0.1, 0.15) is 0 Å². The SMILES string of the molecule is C#CCCCN1CCN(C)CC1. The van der Waals surface area contributed by atoms with Crippen LogP contribution in [0.2, 0.25) is 0 Å². The molecule has 1 heterocycles. The third-order valence-electron chi connectivity index (χ3n) is 2.39. The van der Waals surface area contributed by atoms with Crippen LogP contribution >= 0.6 is 0 Å². The lowest BCUT2D eigenvalue weighted by molar-refractivity contribution is 0.153.